The van der Waals surface area contributed by atoms with Gasteiger partial charge in [-0.25, -0.2) is 0 Å². The fraction of sp³-hybridized carbons (Fsp3) is 0.529. The molecule has 5 atom stereocenters. The fourth-order valence-corrected chi connectivity index (χ4v) is 2.45. The summed E-state index contributed by atoms with van der Waals surface area (Å²) >= 11 is 0. The van der Waals surface area contributed by atoms with Crippen molar-refractivity contribution in [3.8, 4) is 0 Å². The van der Waals surface area contributed by atoms with Gasteiger partial charge in [-0.1, -0.05) is 57.2 Å². The lowest BCUT2D eigenvalue weighted by Crippen LogP contribution is -2.37. The van der Waals surface area contributed by atoms with Crippen LogP contribution in [0.2, 0.25) is 0 Å². The minimum absolute atomic E-state index is 0.00595. The van der Waals surface area contributed by atoms with Gasteiger partial charge in [0, 0.05) is 11.8 Å². The minimum Gasteiger partial charge on any atom is -0.392 e. The van der Waals surface area contributed by atoms with Crippen LogP contribution < -0.4 is 0 Å². The highest BCUT2D eigenvalue weighted by Crippen LogP contribution is 2.24. The number of aliphatic hydroxyl groups is 2. The second-order valence-electron chi connectivity index (χ2n) is 5.60. The van der Waals surface area contributed by atoms with Gasteiger partial charge in [0.25, 0.3) is 0 Å². The van der Waals surface area contributed by atoms with Gasteiger partial charge in [0.05, 0.1) is 12.2 Å². The zero-order chi connectivity index (χ0) is 14.4. The van der Waals surface area contributed by atoms with Gasteiger partial charge < -0.3 is 10.2 Å². The molecule has 0 fully saturated rings. The van der Waals surface area contributed by atoms with Crippen LogP contribution in [-0.2, 0) is 6.42 Å². The summed E-state index contributed by atoms with van der Waals surface area (Å²) in [5, 5.41) is 20.5. The van der Waals surface area contributed by atoms with Crippen LogP contribution in [-0.4, -0.2) is 22.4 Å². The average Bonchev–Trinajstić information content (AvgIpc) is 2.44. The Kier molecular flexibility index (Phi) is 6.26. The molecule has 0 saturated carbocycles. The van der Waals surface area contributed by atoms with Crippen LogP contribution in [0.15, 0.2) is 43.0 Å². The summed E-state index contributed by atoms with van der Waals surface area (Å²) in [6.45, 7) is 9.54. The zero-order valence-electron chi connectivity index (χ0n) is 12.2. The van der Waals surface area contributed by atoms with Crippen LogP contribution in [0.1, 0.15) is 26.3 Å². The zero-order valence-corrected chi connectivity index (χ0v) is 12.2. The summed E-state index contributed by atoms with van der Waals surface area (Å²) in [5.41, 5.74) is 1.22. The Morgan fingerprint density at radius 3 is 2.16 bits per heavy atom. The van der Waals surface area contributed by atoms with Crippen LogP contribution in [0.5, 0.6) is 0 Å². The summed E-state index contributed by atoms with van der Waals surface area (Å²) in [6.07, 6.45) is 1.49. The highest BCUT2D eigenvalue weighted by molar-refractivity contribution is 5.15. The van der Waals surface area contributed by atoms with Crippen LogP contribution in [0.25, 0.3) is 0 Å². The molecular formula is C17H26O2. The van der Waals surface area contributed by atoms with Crippen molar-refractivity contribution in [3.05, 3.63) is 48.6 Å². The van der Waals surface area contributed by atoms with Gasteiger partial charge >= 0.3 is 0 Å². The van der Waals surface area contributed by atoms with E-state index >= 15 is 0 Å². The lowest BCUT2D eigenvalue weighted by Gasteiger charge is -2.30. The number of hydrogen-bond donors (Lipinski definition) is 2. The van der Waals surface area contributed by atoms with E-state index in [4.69, 9.17) is 0 Å². The lowest BCUT2D eigenvalue weighted by molar-refractivity contribution is -0.0200. The maximum atomic E-state index is 10.4. The van der Waals surface area contributed by atoms with Crippen LogP contribution in [0.3, 0.4) is 0 Å². The summed E-state index contributed by atoms with van der Waals surface area (Å²) in [5.74, 6) is -0.0515. The molecule has 0 aliphatic carbocycles. The summed E-state index contributed by atoms with van der Waals surface area (Å²) in [7, 11) is 0. The Bertz CT molecular complexity index is 374. The molecule has 2 nitrogen and oxygen atoms in total. The molecule has 0 bridgehead atoms. The van der Waals surface area contributed by atoms with E-state index in [1.165, 1.54) is 5.56 Å². The van der Waals surface area contributed by atoms with Gasteiger partial charge in [0.15, 0.2) is 0 Å². The molecule has 0 aliphatic rings. The highest BCUT2D eigenvalue weighted by atomic mass is 16.3. The molecule has 0 radical (unpaired) electrons. The summed E-state index contributed by atoms with van der Waals surface area (Å²) < 4.78 is 0. The largest absolute Gasteiger partial charge is 0.392 e. The molecule has 0 aliphatic heterocycles. The van der Waals surface area contributed by atoms with E-state index in [0.717, 1.165) is 6.42 Å². The molecule has 19 heavy (non-hydrogen) atoms. The smallest absolute Gasteiger partial charge is 0.0650 e. The van der Waals surface area contributed by atoms with E-state index in [0.29, 0.717) is 0 Å². The number of benzene rings is 1. The van der Waals surface area contributed by atoms with Gasteiger partial charge in [0.2, 0.25) is 0 Å². The Balaban J connectivity index is 2.61. The number of rotatable bonds is 7. The third-order valence-electron chi connectivity index (χ3n) is 3.97. The third-order valence-corrected chi connectivity index (χ3v) is 3.97. The van der Waals surface area contributed by atoms with Crippen LogP contribution in [0.4, 0.5) is 0 Å². The van der Waals surface area contributed by atoms with Gasteiger partial charge in [-0.15, -0.1) is 6.58 Å². The fourth-order valence-electron chi connectivity index (χ4n) is 2.45. The molecule has 0 saturated heterocycles. The van der Waals surface area contributed by atoms with Crippen molar-refractivity contribution in [2.75, 3.05) is 0 Å². The standard InChI is InChI=1S/C17H26O2/c1-5-12(2)16(18)14(4)17(19)13(3)11-15-9-7-6-8-10-15/h5-10,12-14,16-19H,1,11H2,2-4H3/t12-,13-,14-,16?,17-/m0/s1. The first kappa shape index (κ1) is 15.9. The number of aliphatic hydroxyl groups excluding tert-OH is 2. The van der Waals surface area contributed by atoms with E-state index in [9.17, 15) is 10.2 Å². The van der Waals surface area contributed by atoms with E-state index in [-0.39, 0.29) is 17.8 Å². The van der Waals surface area contributed by atoms with Crippen molar-refractivity contribution in [1.82, 2.24) is 0 Å². The van der Waals surface area contributed by atoms with Crippen molar-refractivity contribution in [1.29, 1.82) is 0 Å². The quantitative estimate of drug-likeness (QED) is 0.741. The molecule has 2 heteroatoms. The first-order chi connectivity index (χ1) is 8.97. The van der Waals surface area contributed by atoms with Crippen molar-refractivity contribution < 1.29 is 10.2 Å². The molecule has 0 spiro atoms. The van der Waals surface area contributed by atoms with Crippen molar-refractivity contribution >= 4 is 0 Å². The van der Waals surface area contributed by atoms with Gasteiger partial charge in [0.1, 0.15) is 0 Å². The Labute approximate surface area is 116 Å². The van der Waals surface area contributed by atoms with Crippen LogP contribution in [0, 0.1) is 17.8 Å². The normalized spacial score (nSPS) is 19.2. The molecule has 0 heterocycles. The molecule has 1 rings (SSSR count). The molecule has 1 aromatic rings. The summed E-state index contributed by atoms with van der Waals surface area (Å²) in [4.78, 5) is 0. The summed E-state index contributed by atoms with van der Waals surface area (Å²) in [6, 6.07) is 10.1. The molecule has 1 unspecified atom stereocenters. The maximum Gasteiger partial charge on any atom is 0.0650 e. The van der Waals surface area contributed by atoms with Gasteiger partial charge in [-0.05, 0) is 17.9 Å². The van der Waals surface area contributed by atoms with Gasteiger partial charge in [-0.3, -0.25) is 0 Å². The van der Waals surface area contributed by atoms with Crippen molar-refractivity contribution in [2.24, 2.45) is 17.8 Å². The topological polar surface area (TPSA) is 40.5 Å². The lowest BCUT2D eigenvalue weighted by atomic mass is 9.82. The van der Waals surface area contributed by atoms with Crippen molar-refractivity contribution in [2.45, 2.75) is 39.4 Å². The van der Waals surface area contributed by atoms with E-state index in [1.807, 2.05) is 39.0 Å². The Morgan fingerprint density at radius 2 is 1.63 bits per heavy atom. The van der Waals surface area contributed by atoms with Crippen LogP contribution >= 0.6 is 0 Å². The molecule has 0 aromatic heterocycles. The predicted octanol–water partition coefficient (Wildman–Crippen LogP) is 3.05. The molecule has 106 valence electrons. The van der Waals surface area contributed by atoms with Crippen molar-refractivity contribution in [3.63, 3.8) is 0 Å². The van der Waals surface area contributed by atoms with Gasteiger partial charge in [-0.2, -0.15) is 0 Å². The molecule has 0 amide bonds. The van der Waals surface area contributed by atoms with E-state index in [1.54, 1.807) is 6.08 Å². The second kappa shape index (κ2) is 7.46. The third kappa shape index (κ3) is 4.48. The van der Waals surface area contributed by atoms with E-state index in [2.05, 4.69) is 18.7 Å². The first-order valence-corrected chi connectivity index (χ1v) is 7.00. The Hall–Kier alpha value is -1.12. The highest BCUT2D eigenvalue weighted by Gasteiger charge is 2.29. The Morgan fingerprint density at radius 1 is 1.05 bits per heavy atom. The molecular weight excluding hydrogens is 236 g/mol. The maximum absolute atomic E-state index is 10.4. The number of hydrogen-bond acceptors (Lipinski definition) is 2. The minimum atomic E-state index is -0.550. The van der Waals surface area contributed by atoms with E-state index < -0.39 is 12.2 Å². The monoisotopic (exact) mass is 262 g/mol. The predicted molar refractivity (Wildman–Crippen MR) is 79.8 cm³/mol. The second-order valence-corrected chi connectivity index (χ2v) is 5.60. The molecule has 2 N–H and O–H groups in total. The SMILES string of the molecule is C=C[C@H](C)C(O)[C@H](C)[C@@H](O)[C@@H](C)Cc1ccccc1. The molecule has 1 aromatic carbocycles. The average molecular weight is 262 g/mol. The first-order valence-electron chi connectivity index (χ1n) is 7.00.